The van der Waals surface area contributed by atoms with Crippen LogP contribution >= 0.6 is 0 Å². The molecule has 1 saturated heterocycles. The number of carbonyl (C=O) groups is 1. The topological polar surface area (TPSA) is 59.4 Å². The van der Waals surface area contributed by atoms with E-state index in [2.05, 4.69) is 10.4 Å². The molecule has 0 spiro atoms. The normalized spacial score (nSPS) is 19.3. The van der Waals surface area contributed by atoms with Gasteiger partial charge in [-0.1, -0.05) is 18.2 Å². The van der Waals surface area contributed by atoms with Crippen LogP contribution in [0.25, 0.3) is 0 Å². The summed E-state index contributed by atoms with van der Waals surface area (Å²) in [6, 6.07) is 6.05. The number of amides is 1. The molecule has 2 aromatic rings. The molecule has 1 aliphatic rings. The van der Waals surface area contributed by atoms with E-state index < -0.39 is 12.1 Å². The van der Waals surface area contributed by atoms with Gasteiger partial charge in [-0.25, -0.2) is 4.39 Å². The predicted molar refractivity (Wildman–Crippen MR) is 86.7 cm³/mol. The summed E-state index contributed by atoms with van der Waals surface area (Å²) in [7, 11) is 3.55. The highest BCUT2D eigenvalue weighted by atomic mass is 19.1. The van der Waals surface area contributed by atoms with Crippen LogP contribution in [0.15, 0.2) is 36.7 Å². The highest BCUT2D eigenvalue weighted by molar-refractivity contribution is 5.83. The Morgan fingerprint density at radius 3 is 2.92 bits per heavy atom. The van der Waals surface area contributed by atoms with Crippen LogP contribution in [0, 0.1) is 5.82 Å². The summed E-state index contributed by atoms with van der Waals surface area (Å²) in [6.45, 7) is 1.20. The lowest BCUT2D eigenvalue weighted by Gasteiger charge is -2.35. The van der Waals surface area contributed by atoms with Crippen molar-refractivity contribution in [2.45, 2.75) is 12.1 Å². The molecule has 0 radical (unpaired) electrons. The Kier molecular flexibility index (Phi) is 4.92. The molecular formula is C17H21FN4O2. The van der Waals surface area contributed by atoms with E-state index in [4.69, 9.17) is 4.74 Å². The molecule has 1 N–H and O–H groups in total. The van der Waals surface area contributed by atoms with E-state index in [0.29, 0.717) is 25.3 Å². The Balaban J connectivity index is 1.76. The van der Waals surface area contributed by atoms with Crippen molar-refractivity contribution in [2.75, 3.05) is 26.7 Å². The van der Waals surface area contributed by atoms with Gasteiger partial charge in [0.15, 0.2) is 0 Å². The largest absolute Gasteiger partial charge is 0.370 e. The quantitative estimate of drug-likeness (QED) is 0.920. The molecule has 7 heteroatoms. The van der Waals surface area contributed by atoms with Crippen LogP contribution in [0.4, 0.5) is 4.39 Å². The third-order valence-corrected chi connectivity index (χ3v) is 4.22. The number of ether oxygens (including phenoxy) is 1. The average molecular weight is 332 g/mol. The Morgan fingerprint density at radius 1 is 1.46 bits per heavy atom. The van der Waals surface area contributed by atoms with Gasteiger partial charge in [0.05, 0.1) is 19.3 Å². The van der Waals surface area contributed by atoms with Crippen LogP contribution < -0.4 is 5.32 Å². The number of halogens is 1. The minimum absolute atomic E-state index is 0.0601. The summed E-state index contributed by atoms with van der Waals surface area (Å²) in [5.74, 6) is -0.371. The van der Waals surface area contributed by atoms with E-state index in [9.17, 15) is 9.18 Å². The van der Waals surface area contributed by atoms with Gasteiger partial charge in [0.1, 0.15) is 18.0 Å². The molecular weight excluding hydrogens is 311 g/mol. The van der Waals surface area contributed by atoms with E-state index in [1.807, 2.05) is 13.2 Å². The molecule has 1 aliphatic heterocycles. The highest BCUT2D eigenvalue weighted by Crippen LogP contribution is 2.26. The van der Waals surface area contributed by atoms with Gasteiger partial charge in [-0.15, -0.1) is 0 Å². The molecule has 24 heavy (non-hydrogen) atoms. The maximum Gasteiger partial charge on any atom is 0.244 e. The van der Waals surface area contributed by atoms with Crippen molar-refractivity contribution in [3.63, 3.8) is 0 Å². The lowest BCUT2D eigenvalue weighted by molar-refractivity contribution is -0.141. The van der Waals surface area contributed by atoms with Gasteiger partial charge in [-0.2, -0.15) is 5.10 Å². The zero-order chi connectivity index (χ0) is 17.1. The van der Waals surface area contributed by atoms with E-state index >= 15 is 0 Å². The third kappa shape index (κ3) is 3.32. The number of hydrogen-bond acceptors (Lipinski definition) is 4. The summed E-state index contributed by atoms with van der Waals surface area (Å²) in [6.07, 6.45) is 3.04. The van der Waals surface area contributed by atoms with Gasteiger partial charge in [0.25, 0.3) is 0 Å². The van der Waals surface area contributed by atoms with Crippen LogP contribution in [-0.4, -0.2) is 47.3 Å². The Labute approximate surface area is 140 Å². The Morgan fingerprint density at radius 2 is 2.25 bits per heavy atom. The van der Waals surface area contributed by atoms with Gasteiger partial charge in [-0.05, 0) is 13.1 Å². The van der Waals surface area contributed by atoms with Crippen LogP contribution in [0.2, 0.25) is 0 Å². The molecule has 128 valence electrons. The minimum atomic E-state index is -0.474. The first kappa shape index (κ1) is 16.6. The van der Waals surface area contributed by atoms with Crippen LogP contribution in [-0.2, 0) is 16.6 Å². The van der Waals surface area contributed by atoms with E-state index in [1.54, 1.807) is 41.0 Å². The van der Waals surface area contributed by atoms with Gasteiger partial charge in [0.2, 0.25) is 5.91 Å². The molecule has 1 aromatic heterocycles. The van der Waals surface area contributed by atoms with Crippen LogP contribution in [0.5, 0.6) is 0 Å². The predicted octanol–water partition coefficient (Wildman–Crippen LogP) is 1.42. The fourth-order valence-corrected chi connectivity index (χ4v) is 2.98. The van der Waals surface area contributed by atoms with E-state index in [1.165, 1.54) is 6.07 Å². The second-order valence-corrected chi connectivity index (χ2v) is 5.83. The molecule has 1 fully saturated rings. The summed E-state index contributed by atoms with van der Waals surface area (Å²) < 4.78 is 21.3. The smallest absolute Gasteiger partial charge is 0.244 e. The van der Waals surface area contributed by atoms with Crippen molar-refractivity contribution in [3.05, 3.63) is 53.6 Å². The van der Waals surface area contributed by atoms with Gasteiger partial charge < -0.3 is 15.0 Å². The number of rotatable bonds is 4. The second-order valence-electron chi connectivity index (χ2n) is 5.83. The van der Waals surface area contributed by atoms with Crippen molar-refractivity contribution < 1.29 is 13.9 Å². The summed E-state index contributed by atoms with van der Waals surface area (Å²) in [4.78, 5) is 14.6. The number of carbonyl (C=O) groups excluding carboxylic acids is 1. The van der Waals surface area contributed by atoms with E-state index in [-0.39, 0.29) is 11.7 Å². The first-order chi connectivity index (χ1) is 11.6. The fraction of sp³-hybridized carbons (Fsp3) is 0.412. The maximum atomic E-state index is 14.0. The maximum absolute atomic E-state index is 14.0. The summed E-state index contributed by atoms with van der Waals surface area (Å²) in [5, 5.41) is 7.15. The minimum Gasteiger partial charge on any atom is -0.370 e. The lowest BCUT2D eigenvalue weighted by atomic mass is 10.1. The molecule has 1 amide bonds. The first-order valence-electron chi connectivity index (χ1n) is 7.90. The molecule has 0 aliphatic carbocycles. The van der Waals surface area contributed by atoms with Crippen molar-refractivity contribution >= 4 is 5.91 Å². The molecule has 3 rings (SSSR count). The number of morpholine rings is 1. The van der Waals surface area contributed by atoms with Crippen molar-refractivity contribution in [1.82, 2.24) is 20.0 Å². The second kappa shape index (κ2) is 7.11. The standard InChI is InChI=1S/C17H21FN4O2/c1-19-16(12-9-20-21(2)10-12)17(23)22-7-8-24-15(11-22)13-5-3-4-6-14(13)18/h3-6,9-10,15-16,19H,7-8,11H2,1-2H3. The molecule has 2 unspecified atom stereocenters. The highest BCUT2D eigenvalue weighted by Gasteiger charge is 2.31. The van der Waals surface area contributed by atoms with Crippen molar-refractivity contribution in [1.29, 1.82) is 0 Å². The lowest BCUT2D eigenvalue weighted by Crippen LogP contribution is -2.46. The number of aromatic nitrogens is 2. The molecule has 0 bridgehead atoms. The Hall–Kier alpha value is -2.25. The van der Waals surface area contributed by atoms with Crippen LogP contribution in [0.1, 0.15) is 23.3 Å². The number of likely N-dealkylation sites (N-methyl/N-ethyl adjacent to an activating group) is 1. The number of nitrogens with one attached hydrogen (secondary N) is 1. The molecule has 2 atom stereocenters. The molecule has 6 nitrogen and oxygen atoms in total. The number of nitrogens with zero attached hydrogens (tertiary/aromatic N) is 3. The third-order valence-electron chi connectivity index (χ3n) is 4.22. The SMILES string of the molecule is CNC(C(=O)N1CCOC(c2ccccc2F)C1)c1cnn(C)c1. The molecule has 1 aromatic carbocycles. The molecule has 0 saturated carbocycles. The number of benzene rings is 1. The Bertz CT molecular complexity index is 718. The van der Waals surface area contributed by atoms with E-state index in [0.717, 1.165) is 5.56 Å². The zero-order valence-corrected chi connectivity index (χ0v) is 13.8. The van der Waals surface area contributed by atoms with Gasteiger partial charge in [0, 0.05) is 30.9 Å². The van der Waals surface area contributed by atoms with Crippen molar-refractivity contribution in [3.8, 4) is 0 Å². The number of aryl methyl sites for hydroxylation is 1. The summed E-state index contributed by atoms with van der Waals surface area (Å²) >= 11 is 0. The summed E-state index contributed by atoms with van der Waals surface area (Å²) in [5.41, 5.74) is 1.29. The first-order valence-corrected chi connectivity index (χ1v) is 7.90. The fourth-order valence-electron chi connectivity index (χ4n) is 2.98. The van der Waals surface area contributed by atoms with Crippen molar-refractivity contribution in [2.24, 2.45) is 7.05 Å². The van der Waals surface area contributed by atoms with Crippen LogP contribution in [0.3, 0.4) is 0 Å². The molecule has 2 heterocycles. The number of hydrogen-bond donors (Lipinski definition) is 1. The van der Waals surface area contributed by atoms with Gasteiger partial charge >= 0.3 is 0 Å². The monoisotopic (exact) mass is 332 g/mol. The average Bonchev–Trinajstić information content (AvgIpc) is 3.02. The van der Waals surface area contributed by atoms with Gasteiger partial charge in [-0.3, -0.25) is 9.48 Å². The zero-order valence-electron chi connectivity index (χ0n) is 13.8.